The first-order valence-electron chi connectivity index (χ1n) is 5.70. The zero-order valence-electron chi connectivity index (χ0n) is 10.1. The van der Waals surface area contributed by atoms with Gasteiger partial charge in [0.15, 0.2) is 0 Å². The number of anilines is 1. The van der Waals surface area contributed by atoms with Gasteiger partial charge in [0.2, 0.25) is 5.95 Å². The predicted molar refractivity (Wildman–Crippen MR) is 66.5 cm³/mol. The van der Waals surface area contributed by atoms with E-state index in [0.717, 1.165) is 5.56 Å². The van der Waals surface area contributed by atoms with E-state index in [2.05, 4.69) is 20.4 Å². The number of pyridine rings is 1. The predicted octanol–water partition coefficient (Wildman–Crippen LogP) is 0.965. The molecular weight excluding hydrogens is 246 g/mol. The molecule has 19 heavy (non-hydrogen) atoms. The van der Waals surface area contributed by atoms with Gasteiger partial charge in [-0.3, -0.25) is 4.98 Å². The molecule has 2 aromatic heterocycles. The fourth-order valence-corrected chi connectivity index (χ4v) is 2.02. The summed E-state index contributed by atoms with van der Waals surface area (Å²) >= 11 is 0. The van der Waals surface area contributed by atoms with Crippen LogP contribution in [0.3, 0.4) is 0 Å². The van der Waals surface area contributed by atoms with E-state index in [1.807, 2.05) is 12.1 Å². The van der Waals surface area contributed by atoms with Crippen LogP contribution in [0.2, 0.25) is 0 Å². The van der Waals surface area contributed by atoms with Gasteiger partial charge in [0, 0.05) is 12.4 Å². The Hall–Kier alpha value is -2.70. The third-order valence-corrected chi connectivity index (χ3v) is 2.85. The van der Waals surface area contributed by atoms with E-state index in [4.69, 9.17) is 5.11 Å². The minimum Gasteiger partial charge on any atom is -0.477 e. The molecule has 0 aliphatic carbocycles. The molecule has 0 unspecified atom stereocenters. The average Bonchev–Trinajstić information content (AvgIpc) is 2.78. The van der Waals surface area contributed by atoms with Crippen LogP contribution in [-0.4, -0.2) is 30.8 Å². The Bertz CT molecular complexity index is 662. The number of carboxylic acid groups (broad SMARTS) is 1. The van der Waals surface area contributed by atoms with Crippen molar-refractivity contribution >= 4 is 11.9 Å². The number of carboxylic acids is 1. The molecule has 0 amide bonds. The highest BCUT2D eigenvalue weighted by molar-refractivity contribution is 5.90. The number of aromatic nitrogens is 4. The van der Waals surface area contributed by atoms with E-state index in [-0.39, 0.29) is 11.7 Å². The fraction of sp³-hybridized carbons (Fsp3) is 0.167. The van der Waals surface area contributed by atoms with Crippen LogP contribution in [0.15, 0.2) is 36.3 Å². The summed E-state index contributed by atoms with van der Waals surface area (Å²) in [6.45, 7) is 1.76. The van der Waals surface area contributed by atoms with Gasteiger partial charge in [-0.1, -0.05) is 0 Å². The SMILES string of the molecule is Cc1nc2n(n1)[C@H](c1ccncc1)C=C(C(=O)O)N2. The lowest BCUT2D eigenvalue weighted by molar-refractivity contribution is -0.132. The summed E-state index contributed by atoms with van der Waals surface area (Å²) in [7, 11) is 0. The lowest BCUT2D eigenvalue weighted by Gasteiger charge is -2.22. The summed E-state index contributed by atoms with van der Waals surface area (Å²) in [6.07, 6.45) is 4.93. The second-order valence-corrected chi connectivity index (χ2v) is 4.16. The van der Waals surface area contributed by atoms with E-state index >= 15 is 0 Å². The smallest absolute Gasteiger partial charge is 0.352 e. The van der Waals surface area contributed by atoms with E-state index in [1.165, 1.54) is 0 Å². The van der Waals surface area contributed by atoms with Crippen LogP contribution in [0.25, 0.3) is 0 Å². The lowest BCUT2D eigenvalue weighted by Crippen LogP contribution is -2.24. The van der Waals surface area contributed by atoms with Crippen LogP contribution in [0.5, 0.6) is 0 Å². The van der Waals surface area contributed by atoms with Crippen LogP contribution < -0.4 is 5.32 Å². The Morgan fingerprint density at radius 3 is 2.84 bits per heavy atom. The number of hydrogen-bond donors (Lipinski definition) is 2. The number of carbonyl (C=O) groups is 1. The van der Waals surface area contributed by atoms with Gasteiger partial charge in [0.1, 0.15) is 17.6 Å². The van der Waals surface area contributed by atoms with Crippen LogP contribution in [0.1, 0.15) is 17.4 Å². The highest BCUT2D eigenvalue weighted by Gasteiger charge is 2.26. The number of nitrogens with zero attached hydrogens (tertiary/aromatic N) is 4. The van der Waals surface area contributed by atoms with E-state index in [9.17, 15) is 4.79 Å². The molecule has 2 aromatic rings. The van der Waals surface area contributed by atoms with Crippen LogP contribution in [0, 0.1) is 6.92 Å². The van der Waals surface area contributed by atoms with Crippen molar-refractivity contribution in [3.8, 4) is 0 Å². The normalized spacial score (nSPS) is 17.3. The summed E-state index contributed by atoms with van der Waals surface area (Å²) < 4.78 is 1.66. The Morgan fingerprint density at radius 2 is 2.16 bits per heavy atom. The van der Waals surface area contributed by atoms with Gasteiger partial charge in [-0.2, -0.15) is 10.1 Å². The molecule has 7 heteroatoms. The molecule has 0 saturated heterocycles. The summed E-state index contributed by atoms with van der Waals surface area (Å²) in [6, 6.07) is 3.35. The van der Waals surface area contributed by atoms with Crippen LogP contribution >= 0.6 is 0 Å². The third-order valence-electron chi connectivity index (χ3n) is 2.85. The Labute approximate surface area is 108 Å². The van der Waals surface area contributed by atoms with Crippen molar-refractivity contribution < 1.29 is 9.90 Å². The van der Waals surface area contributed by atoms with Crippen molar-refractivity contribution in [2.45, 2.75) is 13.0 Å². The van der Waals surface area contributed by atoms with Gasteiger partial charge < -0.3 is 10.4 Å². The van der Waals surface area contributed by atoms with Gasteiger partial charge in [-0.25, -0.2) is 9.48 Å². The molecule has 1 aliphatic heterocycles. The number of hydrogen-bond acceptors (Lipinski definition) is 5. The minimum absolute atomic E-state index is 0.0988. The summed E-state index contributed by atoms with van der Waals surface area (Å²) in [5.41, 5.74) is 1.00. The van der Waals surface area contributed by atoms with Gasteiger partial charge in [-0.15, -0.1) is 0 Å². The zero-order chi connectivity index (χ0) is 13.4. The second-order valence-electron chi connectivity index (χ2n) is 4.16. The van der Waals surface area contributed by atoms with Gasteiger partial charge in [0.25, 0.3) is 0 Å². The topological polar surface area (TPSA) is 92.9 Å². The van der Waals surface area contributed by atoms with Crippen LogP contribution in [-0.2, 0) is 4.79 Å². The zero-order valence-corrected chi connectivity index (χ0v) is 10.1. The number of allylic oxidation sites excluding steroid dienone is 1. The molecule has 3 heterocycles. The quantitative estimate of drug-likeness (QED) is 0.832. The average molecular weight is 257 g/mol. The highest BCUT2D eigenvalue weighted by Crippen LogP contribution is 2.28. The molecule has 0 spiro atoms. The molecule has 7 nitrogen and oxygen atoms in total. The molecule has 1 aliphatic rings. The largest absolute Gasteiger partial charge is 0.477 e. The van der Waals surface area contributed by atoms with Crippen molar-refractivity contribution in [3.05, 3.63) is 47.7 Å². The molecule has 3 rings (SSSR count). The van der Waals surface area contributed by atoms with Gasteiger partial charge in [-0.05, 0) is 30.7 Å². The third kappa shape index (κ3) is 1.95. The summed E-state index contributed by atoms with van der Waals surface area (Å²) in [4.78, 5) is 19.3. The molecule has 0 saturated carbocycles. The number of aryl methyl sites for hydroxylation is 1. The maximum atomic E-state index is 11.1. The second kappa shape index (κ2) is 4.20. The van der Waals surface area contributed by atoms with Crippen molar-refractivity contribution in [1.29, 1.82) is 0 Å². The Morgan fingerprint density at radius 1 is 1.42 bits per heavy atom. The van der Waals surface area contributed by atoms with Crippen molar-refractivity contribution in [1.82, 2.24) is 19.7 Å². The molecule has 0 fully saturated rings. The maximum absolute atomic E-state index is 11.1. The Balaban J connectivity index is 2.13. The monoisotopic (exact) mass is 257 g/mol. The molecule has 0 aromatic carbocycles. The van der Waals surface area contributed by atoms with Crippen LogP contribution in [0.4, 0.5) is 5.95 Å². The highest BCUT2D eigenvalue weighted by atomic mass is 16.4. The molecule has 1 atom stereocenters. The molecule has 0 radical (unpaired) electrons. The fourth-order valence-electron chi connectivity index (χ4n) is 2.02. The first-order chi connectivity index (χ1) is 9.15. The van der Waals surface area contributed by atoms with Crippen molar-refractivity contribution in [3.63, 3.8) is 0 Å². The first kappa shape index (κ1) is 11.4. The molecule has 96 valence electrons. The molecule has 2 N–H and O–H groups in total. The van der Waals surface area contributed by atoms with Crippen molar-refractivity contribution in [2.75, 3.05) is 5.32 Å². The summed E-state index contributed by atoms with van der Waals surface area (Å²) in [5, 5.41) is 16.2. The van der Waals surface area contributed by atoms with E-state index in [0.29, 0.717) is 11.8 Å². The Kier molecular flexibility index (Phi) is 2.52. The van der Waals surface area contributed by atoms with Gasteiger partial charge in [0.05, 0.1) is 0 Å². The molecule has 0 bridgehead atoms. The lowest BCUT2D eigenvalue weighted by atomic mass is 10.1. The van der Waals surface area contributed by atoms with E-state index in [1.54, 1.807) is 30.1 Å². The van der Waals surface area contributed by atoms with Gasteiger partial charge >= 0.3 is 5.97 Å². The number of nitrogens with one attached hydrogen (secondary N) is 1. The number of rotatable bonds is 2. The molecular formula is C12H11N5O2. The van der Waals surface area contributed by atoms with Crippen molar-refractivity contribution in [2.24, 2.45) is 0 Å². The maximum Gasteiger partial charge on any atom is 0.352 e. The first-order valence-corrected chi connectivity index (χ1v) is 5.70. The minimum atomic E-state index is -1.02. The summed E-state index contributed by atoms with van der Waals surface area (Å²) in [5.74, 6) is -0.00762. The number of aliphatic carboxylic acids is 1. The number of fused-ring (bicyclic) bond motifs is 1. The standard InChI is InChI=1S/C12H11N5O2/c1-7-14-12-15-9(11(18)19)6-10(17(12)16-7)8-2-4-13-5-3-8/h2-6,10H,1H3,(H,18,19)(H,14,15,16)/t10-/m0/s1. The van der Waals surface area contributed by atoms with E-state index < -0.39 is 5.97 Å².